The summed E-state index contributed by atoms with van der Waals surface area (Å²) in [6.45, 7) is 6.31. The maximum absolute atomic E-state index is 3.66. The van der Waals surface area contributed by atoms with Crippen LogP contribution in [0.15, 0.2) is 0 Å². The van der Waals surface area contributed by atoms with Crippen molar-refractivity contribution in [2.24, 2.45) is 0 Å². The Balaban J connectivity index is 1.57. The van der Waals surface area contributed by atoms with Crippen LogP contribution in [0.4, 0.5) is 0 Å². The first kappa shape index (κ1) is 11.4. The van der Waals surface area contributed by atoms with E-state index in [1.54, 1.807) is 0 Å². The van der Waals surface area contributed by atoms with Crippen molar-refractivity contribution < 1.29 is 0 Å². The van der Waals surface area contributed by atoms with Crippen LogP contribution in [0.2, 0.25) is 0 Å². The monoisotopic (exact) mass is 211 g/mol. The molecule has 0 amide bonds. The SMILES string of the molecule is CN1CCCC1NCCN1CCCCC1. The van der Waals surface area contributed by atoms with E-state index >= 15 is 0 Å². The van der Waals surface area contributed by atoms with E-state index in [1.165, 1.54) is 58.3 Å². The standard InChI is InChI=1S/C12H25N3/c1-14-8-5-6-12(14)13-7-11-15-9-3-2-4-10-15/h12-13H,2-11H2,1H3. The van der Waals surface area contributed by atoms with Gasteiger partial charge in [-0.1, -0.05) is 6.42 Å². The van der Waals surface area contributed by atoms with Crippen LogP contribution in [0.3, 0.4) is 0 Å². The second-order valence-electron chi connectivity index (χ2n) is 5.00. The number of nitrogens with zero attached hydrogens (tertiary/aromatic N) is 2. The van der Waals surface area contributed by atoms with Crippen LogP contribution in [0, 0.1) is 0 Å². The molecule has 0 aliphatic carbocycles. The number of likely N-dealkylation sites (tertiary alicyclic amines) is 2. The Morgan fingerprint density at radius 1 is 1.07 bits per heavy atom. The molecule has 0 aromatic carbocycles. The molecule has 15 heavy (non-hydrogen) atoms. The smallest absolute Gasteiger partial charge is 0.0595 e. The van der Waals surface area contributed by atoms with Gasteiger partial charge in [0.05, 0.1) is 6.17 Å². The highest BCUT2D eigenvalue weighted by atomic mass is 15.3. The lowest BCUT2D eigenvalue weighted by atomic mass is 10.1. The van der Waals surface area contributed by atoms with Crippen molar-refractivity contribution in [2.45, 2.75) is 38.3 Å². The minimum absolute atomic E-state index is 0.648. The Hall–Kier alpha value is -0.120. The van der Waals surface area contributed by atoms with Gasteiger partial charge in [-0.05, 0) is 52.4 Å². The second kappa shape index (κ2) is 5.83. The van der Waals surface area contributed by atoms with Crippen LogP contribution in [0.25, 0.3) is 0 Å². The van der Waals surface area contributed by atoms with Crippen LogP contribution in [0.1, 0.15) is 32.1 Å². The molecule has 1 atom stereocenters. The molecule has 1 N–H and O–H groups in total. The van der Waals surface area contributed by atoms with Gasteiger partial charge in [0, 0.05) is 13.1 Å². The third-order valence-electron chi connectivity index (χ3n) is 3.78. The average molecular weight is 211 g/mol. The van der Waals surface area contributed by atoms with Crippen LogP contribution in [-0.2, 0) is 0 Å². The molecule has 0 aromatic heterocycles. The number of nitrogens with one attached hydrogen (secondary N) is 1. The molecule has 0 aromatic rings. The van der Waals surface area contributed by atoms with Crippen LogP contribution in [-0.4, -0.2) is 55.7 Å². The van der Waals surface area contributed by atoms with Gasteiger partial charge in [-0.2, -0.15) is 0 Å². The fraction of sp³-hybridized carbons (Fsp3) is 1.00. The zero-order chi connectivity index (χ0) is 10.5. The Kier molecular flexibility index (Phi) is 4.42. The minimum atomic E-state index is 0.648. The molecule has 2 heterocycles. The summed E-state index contributed by atoms with van der Waals surface area (Å²) in [4.78, 5) is 5.04. The van der Waals surface area contributed by atoms with Gasteiger partial charge < -0.3 is 10.2 Å². The zero-order valence-corrected chi connectivity index (χ0v) is 10.0. The van der Waals surface area contributed by atoms with Crippen molar-refractivity contribution in [3.63, 3.8) is 0 Å². The molecular formula is C12H25N3. The maximum atomic E-state index is 3.66. The molecule has 2 fully saturated rings. The van der Waals surface area contributed by atoms with Crippen molar-refractivity contribution in [1.29, 1.82) is 0 Å². The lowest BCUT2D eigenvalue weighted by Gasteiger charge is -2.28. The summed E-state index contributed by atoms with van der Waals surface area (Å²) < 4.78 is 0. The van der Waals surface area contributed by atoms with Crippen molar-refractivity contribution in [3.8, 4) is 0 Å². The highest BCUT2D eigenvalue weighted by Gasteiger charge is 2.19. The molecule has 2 aliphatic rings. The van der Waals surface area contributed by atoms with E-state index in [4.69, 9.17) is 0 Å². The van der Waals surface area contributed by atoms with Crippen molar-refractivity contribution >= 4 is 0 Å². The topological polar surface area (TPSA) is 18.5 Å². The molecule has 2 rings (SSSR count). The first-order valence-corrected chi connectivity index (χ1v) is 6.52. The lowest BCUT2D eigenvalue weighted by Crippen LogP contribution is -2.43. The van der Waals surface area contributed by atoms with Gasteiger partial charge in [0.1, 0.15) is 0 Å². The molecule has 2 aliphatic heterocycles. The third kappa shape index (κ3) is 3.44. The predicted molar refractivity (Wildman–Crippen MR) is 63.9 cm³/mol. The zero-order valence-electron chi connectivity index (χ0n) is 10.0. The van der Waals surface area contributed by atoms with Gasteiger partial charge in [0.25, 0.3) is 0 Å². The molecule has 0 saturated carbocycles. The van der Waals surface area contributed by atoms with E-state index in [2.05, 4.69) is 22.2 Å². The Labute approximate surface area is 93.8 Å². The highest BCUT2D eigenvalue weighted by molar-refractivity contribution is 4.75. The molecule has 1 unspecified atom stereocenters. The van der Waals surface area contributed by atoms with Gasteiger partial charge in [-0.15, -0.1) is 0 Å². The van der Waals surface area contributed by atoms with E-state index in [0.29, 0.717) is 6.17 Å². The fourth-order valence-electron chi connectivity index (χ4n) is 2.74. The summed E-state index contributed by atoms with van der Waals surface area (Å²) in [6, 6.07) is 0. The molecule has 3 heteroatoms. The summed E-state index contributed by atoms with van der Waals surface area (Å²) >= 11 is 0. The number of rotatable bonds is 4. The first-order valence-electron chi connectivity index (χ1n) is 6.52. The second-order valence-corrected chi connectivity index (χ2v) is 5.00. The Morgan fingerprint density at radius 2 is 1.87 bits per heavy atom. The molecule has 0 radical (unpaired) electrons. The minimum Gasteiger partial charge on any atom is -0.302 e. The number of hydrogen-bond donors (Lipinski definition) is 1. The van der Waals surface area contributed by atoms with Crippen LogP contribution < -0.4 is 5.32 Å². The van der Waals surface area contributed by atoms with Crippen LogP contribution >= 0.6 is 0 Å². The van der Waals surface area contributed by atoms with Crippen LogP contribution in [0.5, 0.6) is 0 Å². The van der Waals surface area contributed by atoms with Gasteiger partial charge in [-0.25, -0.2) is 0 Å². The molecule has 0 spiro atoms. The molecular weight excluding hydrogens is 186 g/mol. The van der Waals surface area contributed by atoms with E-state index in [0.717, 1.165) is 6.54 Å². The third-order valence-corrected chi connectivity index (χ3v) is 3.78. The first-order chi connectivity index (χ1) is 7.36. The quantitative estimate of drug-likeness (QED) is 0.751. The van der Waals surface area contributed by atoms with Crippen molar-refractivity contribution in [2.75, 3.05) is 39.8 Å². The summed E-state index contributed by atoms with van der Waals surface area (Å²) in [6.07, 6.45) is 7.59. The predicted octanol–water partition coefficient (Wildman–Crippen LogP) is 1.11. The molecule has 88 valence electrons. The van der Waals surface area contributed by atoms with E-state index in [-0.39, 0.29) is 0 Å². The van der Waals surface area contributed by atoms with E-state index in [9.17, 15) is 0 Å². The van der Waals surface area contributed by atoms with Crippen molar-refractivity contribution in [1.82, 2.24) is 15.1 Å². The average Bonchev–Trinajstić information content (AvgIpc) is 2.66. The fourth-order valence-corrected chi connectivity index (χ4v) is 2.74. The number of hydrogen-bond acceptors (Lipinski definition) is 3. The summed E-state index contributed by atoms with van der Waals surface area (Å²) in [5, 5.41) is 3.66. The largest absolute Gasteiger partial charge is 0.302 e. The summed E-state index contributed by atoms with van der Waals surface area (Å²) in [5.41, 5.74) is 0. The number of piperidine rings is 1. The van der Waals surface area contributed by atoms with Crippen molar-refractivity contribution in [3.05, 3.63) is 0 Å². The van der Waals surface area contributed by atoms with Gasteiger partial charge in [0.15, 0.2) is 0 Å². The van der Waals surface area contributed by atoms with Gasteiger partial charge in [-0.3, -0.25) is 4.90 Å². The van der Waals surface area contributed by atoms with Gasteiger partial charge >= 0.3 is 0 Å². The normalized spacial score (nSPS) is 29.8. The lowest BCUT2D eigenvalue weighted by molar-refractivity contribution is 0.208. The van der Waals surface area contributed by atoms with Gasteiger partial charge in [0.2, 0.25) is 0 Å². The van der Waals surface area contributed by atoms with E-state index in [1.807, 2.05) is 0 Å². The molecule has 0 bridgehead atoms. The maximum Gasteiger partial charge on any atom is 0.0595 e. The summed E-state index contributed by atoms with van der Waals surface area (Å²) in [7, 11) is 2.23. The Morgan fingerprint density at radius 3 is 2.53 bits per heavy atom. The summed E-state index contributed by atoms with van der Waals surface area (Å²) in [5.74, 6) is 0. The van der Waals surface area contributed by atoms with E-state index < -0.39 is 0 Å². The molecule has 2 saturated heterocycles. The highest BCUT2D eigenvalue weighted by Crippen LogP contribution is 2.12. The Bertz CT molecular complexity index is 178. The molecule has 3 nitrogen and oxygen atoms in total.